The number of hydrogen-bond donors (Lipinski definition) is 1. The van der Waals surface area contributed by atoms with E-state index in [9.17, 15) is 5.11 Å². The van der Waals surface area contributed by atoms with Gasteiger partial charge in [-0.3, -0.25) is 14.9 Å². The molecule has 0 aliphatic heterocycles. The molecule has 0 fully saturated rings. The molecule has 0 spiro atoms. The summed E-state index contributed by atoms with van der Waals surface area (Å²) in [5.74, 6) is 0. The maximum atomic E-state index is 9.57. The lowest BCUT2D eigenvalue weighted by atomic mass is 10.1. The number of rotatable bonds is 7. The quantitative estimate of drug-likeness (QED) is 0.839. The second-order valence-electron chi connectivity index (χ2n) is 4.83. The molecule has 2 rings (SSSR count). The lowest BCUT2D eigenvalue weighted by molar-refractivity contribution is 0.105. The zero-order chi connectivity index (χ0) is 14.2. The smallest absolute Gasteiger partial charge is 0.0587 e. The summed E-state index contributed by atoms with van der Waals surface area (Å²) >= 11 is 0. The first kappa shape index (κ1) is 14.6. The molecule has 106 valence electrons. The van der Waals surface area contributed by atoms with E-state index in [0.29, 0.717) is 0 Å². The molecule has 0 saturated carbocycles. The summed E-state index contributed by atoms with van der Waals surface area (Å²) in [6.07, 6.45) is 6.35. The molecule has 4 nitrogen and oxygen atoms in total. The Morgan fingerprint density at radius 1 is 1.15 bits per heavy atom. The van der Waals surface area contributed by atoms with E-state index in [4.69, 9.17) is 0 Å². The molecular formula is C16H21N3O. The molecule has 4 heteroatoms. The van der Waals surface area contributed by atoms with Crippen molar-refractivity contribution in [3.63, 3.8) is 0 Å². The van der Waals surface area contributed by atoms with Gasteiger partial charge in [-0.05, 0) is 30.2 Å². The van der Waals surface area contributed by atoms with E-state index in [2.05, 4.69) is 27.9 Å². The Bertz CT molecular complexity index is 444. The third-order valence-electron chi connectivity index (χ3n) is 3.40. The van der Waals surface area contributed by atoms with Gasteiger partial charge in [0.05, 0.1) is 12.3 Å². The van der Waals surface area contributed by atoms with E-state index in [1.165, 1.54) is 0 Å². The second-order valence-corrected chi connectivity index (χ2v) is 4.83. The number of nitrogens with zero attached hydrogens (tertiary/aromatic N) is 3. The number of aliphatic hydroxyl groups excluding tert-OH is 1. The maximum absolute atomic E-state index is 9.57. The zero-order valence-corrected chi connectivity index (χ0v) is 11.8. The topological polar surface area (TPSA) is 49.2 Å². The number of hydrogen-bond acceptors (Lipinski definition) is 4. The van der Waals surface area contributed by atoms with Crippen LogP contribution in [-0.2, 0) is 13.1 Å². The molecule has 0 bridgehead atoms. The molecule has 2 aromatic heterocycles. The van der Waals surface area contributed by atoms with Crippen LogP contribution < -0.4 is 0 Å². The van der Waals surface area contributed by atoms with E-state index in [0.717, 1.165) is 30.8 Å². The van der Waals surface area contributed by atoms with Crippen molar-refractivity contribution >= 4 is 0 Å². The minimum atomic E-state index is 0.136. The van der Waals surface area contributed by atoms with Gasteiger partial charge in [0.25, 0.3) is 0 Å². The molecule has 0 amide bonds. The van der Waals surface area contributed by atoms with E-state index < -0.39 is 0 Å². The van der Waals surface area contributed by atoms with Crippen molar-refractivity contribution in [1.29, 1.82) is 0 Å². The van der Waals surface area contributed by atoms with Crippen molar-refractivity contribution in [3.8, 4) is 0 Å². The zero-order valence-electron chi connectivity index (χ0n) is 11.8. The van der Waals surface area contributed by atoms with Crippen molar-refractivity contribution in [2.75, 3.05) is 6.61 Å². The van der Waals surface area contributed by atoms with E-state index in [-0.39, 0.29) is 12.6 Å². The first-order valence-corrected chi connectivity index (χ1v) is 6.97. The summed E-state index contributed by atoms with van der Waals surface area (Å²) in [6, 6.07) is 10.1. The minimum absolute atomic E-state index is 0.136. The first-order valence-electron chi connectivity index (χ1n) is 6.97. The molecule has 0 radical (unpaired) electrons. The summed E-state index contributed by atoms with van der Waals surface area (Å²) in [6.45, 7) is 3.75. The van der Waals surface area contributed by atoms with Crippen LogP contribution in [0.2, 0.25) is 0 Å². The lowest BCUT2D eigenvalue weighted by Crippen LogP contribution is -2.36. The molecule has 20 heavy (non-hydrogen) atoms. The molecular weight excluding hydrogens is 250 g/mol. The maximum Gasteiger partial charge on any atom is 0.0587 e. The van der Waals surface area contributed by atoms with Crippen LogP contribution in [0.25, 0.3) is 0 Å². The fourth-order valence-corrected chi connectivity index (χ4v) is 2.24. The van der Waals surface area contributed by atoms with Crippen molar-refractivity contribution in [2.24, 2.45) is 0 Å². The SMILES string of the molecule is CCC(CO)N(Cc1cccnc1)Cc1ccccn1. The normalized spacial score (nSPS) is 12.6. The molecule has 1 atom stereocenters. The predicted molar refractivity (Wildman–Crippen MR) is 78.9 cm³/mol. The van der Waals surface area contributed by atoms with Crippen LogP contribution in [0.4, 0.5) is 0 Å². The van der Waals surface area contributed by atoms with Crippen LogP contribution in [0, 0.1) is 0 Å². The summed E-state index contributed by atoms with van der Waals surface area (Å²) < 4.78 is 0. The van der Waals surface area contributed by atoms with Gasteiger partial charge in [0, 0.05) is 37.7 Å². The van der Waals surface area contributed by atoms with Crippen LogP contribution in [0.3, 0.4) is 0 Å². The Balaban J connectivity index is 2.12. The van der Waals surface area contributed by atoms with Crippen LogP contribution in [-0.4, -0.2) is 32.6 Å². The van der Waals surface area contributed by atoms with Gasteiger partial charge in [-0.2, -0.15) is 0 Å². The molecule has 0 aliphatic rings. The fraction of sp³-hybridized carbons (Fsp3) is 0.375. The Hall–Kier alpha value is -1.78. The van der Waals surface area contributed by atoms with E-state index in [1.54, 1.807) is 12.4 Å². The van der Waals surface area contributed by atoms with Crippen molar-refractivity contribution in [1.82, 2.24) is 14.9 Å². The summed E-state index contributed by atoms with van der Waals surface area (Å²) in [5.41, 5.74) is 2.17. The van der Waals surface area contributed by atoms with Gasteiger partial charge in [0.15, 0.2) is 0 Å². The van der Waals surface area contributed by atoms with Crippen LogP contribution in [0.15, 0.2) is 48.9 Å². The van der Waals surface area contributed by atoms with Crippen molar-refractivity contribution in [3.05, 3.63) is 60.2 Å². The Labute approximate surface area is 120 Å². The third-order valence-corrected chi connectivity index (χ3v) is 3.40. The highest BCUT2D eigenvalue weighted by Gasteiger charge is 2.17. The van der Waals surface area contributed by atoms with Gasteiger partial charge in [0.2, 0.25) is 0 Å². The molecule has 0 aromatic carbocycles. The van der Waals surface area contributed by atoms with Crippen LogP contribution in [0.5, 0.6) is 0 Å². The van der Waals surface area contributed by atoms with Gasteiger partial charge >= 0.3 is 0 Å². The summed E-state index contributed by atoms with van der Waals surface area (Å²) in [7, 11) is 0. The second kappa shape index (κ2) is 7.72. The Morgan fingerprint density at radius 3 is 2.65 bits per heavy atom. The van der Waals surface area contributed by atoms with Crippen LogP contribution in [0.1, 0.15) is 24.6 Å². The molecule has 1 N–H and O–H groups in total. The average molecular weight is 271 g/mol. The standard InChI is InChI=1S/C16H21N3O/c1-2-16(13-20)19(11-14-6-5-8-17-10-14)12-15-7-3-4-9-18-15/h3-10,16,20H,2,11-13H2,1H3. The van der Waals surface area contributed by atoms with E-state index in [1.807, 2.05) is 30.5 Å². The molecule has 2 heterocycles. The largest absolute Gasteiger partial charge is 0.395 e. The molecule has 0 saturated heterocycles. The van der Waals surface area contributed by atoms with Crippen molar-refractivity contribution in [2.45, 2.75) is 32.5 Å². The number of pyridine rings is 2. The molecule has 0 aliphatic carbocycles. The summed E-state index contributed by atoms with van der Waals surface area (Å²) in [4.78, 5) is 10.8. The van der Waals surface area contributed by atoms with Gasteiger partial charge in [-0.25, -0.2) is 0 Å². The van der Waals surface area contributed by atoms with Crippen molar-refractivity contribution < 1.29 is 5.11 Å². The molecule has 2 aromatic rings. The van der Waals surface area contributed by atoms with Gasteiger partial charge in [-0.15, -0.1) is 0 Å². The van der Waals surface area contributed by atoms with Gasteiger partial charge in [0.1, 0.15) is 0 Å². The van der Waals surface area contributed by atoms with E-state index >= 15 is 0 Å². The number of aliphatic hydroxyl groups is 1. The molecule has 1 unspecified atom stereocenters. The monoisotopic (exact) mass is 271 g/mol. The summed E-state index contributed by atoms with van der Waals surface area (Å²) in [5, 5.41) is 9.57. The lowest BCUT2D eigenvalue weighted by Gasteiger charge is -2.29. The highest BCUT2D eigenvalue weighted by molar-refractivity contribution is 5.10. The highest BCUT2D eigenvalue weighted by Crippen LogP contribution is 2.13. The van der Waals surface area contributed by atoms with Crippen LogP contribution >= 0.6 is 0 Å². The van der Waals surface area contributed by atoms with Gasteiger partial charge < -0.3 is 5.11 Å². The predicted octanol–water partition coefficient (Wildman–Crippen LogP) is 2.25. The highest BCUT2D eigenvalue weighted by atomic mass is 16.3. The third kappa shape index (κ3) is 4.11. The Morgan fingerprint density at radius 2 is 2.05 bits per heavy atom. The minimum Gasteiger partial charge on any atom is -0.395 e. The van der Waals surface area contributed by atoms with Gasteiger partial charge in [-0.1, -0.05) is 19.1 Å². The number of aromatic nitrogens is 2. The average Bonchev–Trinajstić information content (AvgIpc) is 2.50. The Kier molecular flexibility index (Phi) is 5.65. The fourth-order valence-electron chi connectivity index (χ4n) is 2.24. The first-order chi connectivity index (χ1) is 9.83.